The predicted octanol–water partition coefficient (Wildman–Crippen LogP) is 4.96. The van der Waals surface area contributed by atoms with E-state index in [1.807, 2.05) is 0 Å². The zero-order chi connectivity index (χ0) is 70.1. The Morgan fingerprint density at radius 2 is 1.46 bits per heavy atom. The number of methoxy groups -OCH3 is 1. The smallest absolute Gasteiger partial charge is 0.455 e. The fourth-order valence-electron chi connectivity index (χ4n) is 13.1. The SMILES string of the molecule is COCCOCC(=O)C[C@H](C)C(=O)N[C@H](C)C(=O)N[C@H](CC(N)=O)C(=O)Nc1ccc(COC(=O)OC(C(=O)OC2C[C@@]3(O)[C@@H](OC(=O)c4ccccc4)[C@H]4[C@](C)(C(=O)[C@H](O)C(=C2C)C3(C)C)[C@@H](C)CC2OC[C@]24OC(C)=O)[C@@H](NC(=O)OC(C)(C)C)c2ccccc2)cc1. The highest BCUT2D eigenvalue weighted by atomic mass is 16.7. The summed E-state index contributed by atoms with van der Waals surface area (Å²) in [7, 11) is 1.48. The molecule has 95 heavy (non-hydrogen) atoms. The van der Waals surface area contributed by atoms with Crippen LogP contribution in [0.5, 0.6) is 0 Å². The van der Waals surface area contributed by atoms with Crippen LogP contribution in [0.2, 0.25) is 0 Å². The van der Waals surface area contributed by atoms with Gasteiger partial charge < -0.3 is 79.8 Å². The van der Waals surface area contributed by atoms with E-state index < -0.39 is 173 Å². The number of Topliss-reactive ketones (excluding diaryl/α,β-unsaturated/α-hetero) is 2. The number of carbonyl (C=O) groups is 11. The number of esters is 3. The molecule has 1 aliphatic heterocycles. The van der Waals surface area contributed by atoms with Gasteiger partial charge in [-0.3, -0.25) is 33.6 Å². The number of carbonyl (C=O) groups excluding carboxylic acids is 11. The van der Waals surface area contributed by atoms with Crippen molar-refractivity contribution in [3.05, 3.63) is 113 Å². The van der Waals surface area contributed by atoms with Crippen molar-refractivity contribution in [2.75, 3.05) is 38.9 Å². The summed E-state index contributed by atoms with van der Waals surface area (Å²) in [5, 5.41) is 36.7. The molecule has 8 N–H and O–H groups in total. The van der Waals surface area contributed by atoms with E-state index in [1.165, 1.54) is 83.3 Å². The number of fused-ring (bicyclic) bond motifs is 5. The van der Waals surface area contributed by atoms with Gasteiger partial charge in [0.1, 0.15) is 67.0 Å². The molecule has 1 heterocycles. The Kier molecular flexibility index (Phi) is 23.6. The average molecular weight is 1330 g/mol. The molecule has 7 rings (SSSR count). The first-order valence-corrected chi connectivity index (χ1v) is 31.3. The molecule has 1 saturated heterocycles. The van der Waals surface area contributed by atoms with E-state index in [0.29, 0.717) is 5.56 Å². The van der Waals surface area contributed by atoms with Gasteiger partial charge in [-0.05, 0) is 93.5 Å². The number of hydrogen-bond acceptors (Lipinski definition) is 22. The number of ether oxygens (including phenoxy) is 9. The Morgan fingerprint density at radius 1 is 0.821 bits per heavy atom. The van der Waals surface area contributed by atoms with Crippen molar-refractivity contribution in [3.63, 3.8) is 0 Å². The van der Waals surface area contributed by atoms with E-state index in [2.05, 4.69) is 21.3 Å². The molecule has 3 aliphatic carbocycles. The second-order valence-electron chi connectivity index (χ2n) is 26.4. The van der Waals surface area contributed by atoms with Crippen molar-refractivity contribution in [1.29, 1.82) is 0 Å². The number of primary amides is 1. The van der Waals surface area contributed by atoms with Gasteiger partial charge in [0.25, 0.3) is 0 Å². The van der Waals surface area contributed by atoms with Gasteiger partial charge in [0.2, 0.25) is 29.7 Å². The molecule has 5 amide bonds. The summed E-state index contributed by atoms with van der Waals surface area (Å²) in [6.07, 6.45) is -12.2. The largest absolute Gasteiger partial charge is 0.509 e. The van der Waals surface area contributed by atoms with Crippen molar-refractivity contribution < 1.29 is 106 Å². The highest BCUT2D eigenvalue weighted by molar-refractivity contribution is 6.01. The van der Waals surface area contributed by atoms with Gasteiger partial charge in [0.15, 0.2) is 17.2 Å². The van der Waals surface area contributed by atoms with E-state index in [9.17, 15) is 53.4 Å². The third-order valence-electron chi connectivity index (χ3n) is 18.3. The minimum atomic E-state index is -2.43. The quantitative estimate of drug-likeness (QED) is 0.0242. The van der Waals surface area contributed by atoms with Gasteiger partial charge in [-0.2, -0.15) is 0 Å². The first-order chi connectivity index (χ1) is 44.6. The maximum absolute atomic E-state index is 15.5. The van der Waals surface area contributed by atoms with Crippen LogP contribution in [-0.2, 0) is 87.6 Å². The molecule has 2 saturated carbocycles. The second-order valence-corrected chi connectivity index (χ2v) is 26.4. The minimum absolute atomic E-state index is 0.0618. The molecule has 3 unspecified atom stereocenters. The van der Waals surface area contributed by atoms with Gasteiger partial charge in [0, 0.05) is 49.3 Å². The summed E-state index contributed by atoms with van der Waals surface area (Å²) in [5.41, 5.74) is -2.48. The first kappa shape index (κ1) is 73.8. The Bertz CT molecular complexity index is 3390. The Morgan fingerprint density at radius 3 is 2.05 bits per heavy atom. The Labute approximate surface area is 550 Å². The zero-order valence-corrected chi connectivity index (χ0v) is 55.4. The zero-order valence-electron chi connectivity index (χ0n) is 55.4. The molecule has 3 fully saturated rings. The molecular weight excluding hydrogens is 1240 g/mol. The summed E-state index contributed by atoms with van der Waals surface area (Å²) in [6.45, 7) is 16.1. The number of nitrogens with two attached hydrogens (primary N) is 1. The van der Waals surface area contributed by atoms with Crippen molar-refractivity contribution in [1.82, 2.24) is 16.0 Å². The monoisotopic (exact) mass is 1330 g/mol. The lowest BCUT2D eigenvalue weighted by atomic mass is 9.43. The van der Waals surface area contributed by atoms with Crippen molar-refractivity contribution in [3.8, 4) is 0 Å². The van der Waals surface area contributed by atoms with Gasteiger partial charge in [-0.25, -0.2) is 19.2 Å². The van der Waals surface area contributed by atoms with Gasteiger partial charge in [-0.15, -0.1) is 0 Å². The molecule has 0 radical (unpaired) electrons. The van der Waals surface area contributed by atoms with E-state index in [1.54, 1.807) is 84.9 Å². The van der Waals surface area contributed by atoms with Crippen LogP contribution in [0.3, 0.4) is 0 Å². The van der Waals surface area contributed by atoms with Crippen molar-refractivity contribution >= 4 is 71.0 Å². The predicted molar refractivity (Wildman–Crippen MR) is 336 cm³/mol. The van der Waals surface area contributed by atoms with Crippen LogP contribution in [0.15, 0.2) is 96.1 Å². The minimum Gasteiger partial charge on any atom is -0.455 e. The third kappa shape index (κ3) is 16.7. The lowest BCUT2D eigenvalue weighted by molar-refractivity contribution is -0.340. The highest BCUT2D eigenvalue weighted by Gasteiger charge is 2.77. The Balaban J connectivity index is 1.15. The van der Waals surface area contributed by atoms with E-state index in [-0.39, 0.29) is 73.0 Å². The van der Waals surface area contributed by atoms with Gasteiger partial charge in [0.05, 0.1) is 37.7 Å². The molecular formula is C68H87N5O22. The normalized spacial score (nSPS) is 25.8. The molecule has 27 heteroatoms. The molecule has 27 nitrogen and oxygen atoms in total. The van der Waals surface area contributed by atoms with Crippen LogP contribution in [0.25, 0.3) is 0 Å². The molecule has 3 aromatic rings. The van der Waals surface area contributed by atoms with Crippen LogP contribution in [0.1, 0.15) is 129 Å². The number of benzene rings is 3. The van der Waals surface area contributed by atoms with Crippen LogP contribution >= 0.6 is 0 Å². The highest BCUT2D eigenvalue weighted by Crippen LogP contribution is 2.65. The summed E-state index contributed by atoms with van der Waals surface area (Å²) in [5.74, 6) is -10.3. The maximum Gasteiger partial charge on any atom is 0.509 e. The third-order valence-corrected chi connectivity index (χ3v) is 18.3. The average Bonchev–Trinajstić information content (AvgIpc) is 0.671. The molecule has 0 aromatic heterocycles. The van der Waals surface area contributed by atoms with Crippen molar-refractivity contribution in [2.24, 2.45) is 34.3 Å². The lowest BCUT2D eigenvalue weighted by Gasteiger charge is -2.68. The van der Waals surface area contributed by atoms with Crippen LogP contribution in [-0.4, -0.2) is 169 Å². The fraction of sp³-hybridized carbons (Fsp3) is 0.544. The molecule has 4 aliphatic rings. The number of nitrogens with one attached hydrogen (secondary N) is 4. The topological polar surface area (TPSA) is 385 Å². The van der Waals surface area contributed by atoms with E-state index in [0.717, 1.165) is 0 Å². The van der Waals surface area contributed by atoms with E-state index >= 15 is 9.59 Å². The summed E-state index contributed by atoms with van der Waals surface area (Å²) in [6, 6.07) is 17.0. The molecule has 516 valence electrons. The van der Waals surface area contributed by atoms with E-state index in [4.69, 9.17) is 48.4 Å². The van der Waals surface area contributed by atoms with Crippen LogP contribution in [0.4, 0.5) is 15.3 Å². The second kappa shape index (κ2) is 30.4. The summed E-state index contributed by atoms with van der Waals surface area (Å²) >= 11 is 0. The number of aliphatic hydroxyl groups is 2. The van der Waals surface area contributed by atoms with Crippen molar-refractivity contribution in [2.45, 2.75) is 174 Å². The number of alkyl carbamates (subject to hydrolysis) is 1. The molecule has 0 spiro atoms. The van der Waals surface area contributed by atoms with Crippen LogP contribution < -0.4 is 27.0 Å². The van der Waals surface area contributed by atoms with Gasteiger partial charge in [-0.1, -0.05) is 95.3 Å². The van der Waals surface area contributed by atoms with Gasteiger partial charge >= 0.3 is 30.2 Å². The fourth-order valence-corrected chi connectivity index (χ4v) is 13.1. The summed E-state index contributed by atoms with van der Waals surface area (Å²) < 4.78 is 52.2. The van der Waals surface area contributed by atoms with Crippen LogP contribution in [0, 0.1) is 28.6 Å². The standard InChI is InChI=1S/C68H87N5O22/c1-36(29-45(75)34-88-28-27-87-12)57(79)70-39(4)58(80)72-46(31-49(69)76)59(81)71-44-25-23-41(24-26-44)33-89-63(85)92-53(51(42-19-15-13-16-20-42)73-62(84)95-64(6,7)8)61(83)91-47-32-68(86)56(93-60(82)43-21-17-14-18-22-43)54-66(11,55(78)52(77)50(38(47)3)65(68,9)10)37(2)30-48-67(54,35-90-48)94-40(5)74/h13-26,36-37,39,46-48,51-54,56,77,86H,27-35H2,1-12H3,(H2,69,76)(H,70,79)(H,71,81)(H,72,80)(H,73,84)/t36-,37-,39+,46+,47?,48?,51-,52+,53?,54-,56-,66+,67-,68+/m0/s1. The number of rotatable bonds is 26. The lowest BCUT2D eigenvalue weighted by Crippen LogP contribution is -2.80. The maximum atomic E-state index is 15.5. The summed E-state index contributed by atoms with van der Waals surface area (Å²) in [4.78, 5) is 151. The molecule has 14 atom stereocenters. The number of anilines is 1. The number of hydrogen-bond donors (Lipinski definition) is 7. The number of amides is 5. The molecule has 3 aromatic carbocycles. The number of aliphatic hydroxyl groups excluding tert-OH is 1. The Hall–Kier alpha value is -8.63. The molecule has 2 bridgehead atoms. The number of ketones is 2. The first-order valence-electron chi connectivity index (χ1n) is 31.3.